The summed E-state index contributed by atoms with van der Waals surface area (Å²) in [7, 11) is 0. The van der Waals surface area contributed by atoms with Crippen LogP contribution in [0.2, 0.25) is 0 Å². The van der Waals surface area contributed by atoms with Gasteiger partial charge < -0.3 is 19.8 Å². The lowest BCUT2D eigenvalue weighted by Gasteiger charge is -2.11. The van der Waals surface area contributed by atoms with Gasteiger partial charge >= 0.3 is 5.97 Å². The highest BCUT2D eigenvalue weighted by Crippen LogP contribution is 2.29. The maximum Gasteiger partial charge on any atom is 0.344 e. The third-order valence-corrected chi connectivity index (χ3v) is 4.77. The van der Waals surface area contributed by atoms with Gasteiger partial charge in [0.1, 0.15) is 23.5 Å². The maximum atomic E-state index is 12.8. The standard InChI is InChI=1S/C20H24N4O3/c1-12(2)10-24-18(21)16(20(25)27-11-13-6-5-9-26-13)17-19(24)23-15-8-4-3-7-14(15)22-17/h3-4,7-8,12-13H,5-6,9-11,21H2,1-2H3/t13-/m0/s1. The summed E-state index contributed by atoms with van der Waals surface area (Å²) in [5, 5.41) is 0. The fourth-order valence-electron chi connectivity index (χ4n) is 3.48. The molecule has 7 heteroatoms. The molecule has 0 saturated carbocycles. The van der Waals surface area contributed by atoms with Crippen LogP contribution in [0.3, 0.4) is 0 Å². The Hall–Kier alpha value is -2.67. The van der Waals surface area contributed by atoms with Crippen LogP contribution in [-0.2, 0) is 16.0 Å². The Morgan fingerprint density at radius 3 is 2.74 bits per heavy atom. The van der Waals surface area contributed by atoms with Gasteiger partial charge in [-0.25, -0.2) is 14.8 Å². The minimum absolute atomic E-state index is 0.0360. The largest absolute Gasteiger partial charge is 0.459 e. The highest BCUT2D eigenvalue weighted by atomic mass is 16.6. The predicted molar refractivity (Wildman–Crippen MR) is 104 cm³/mol. The molecule has 142 valence electrons. The van der Waals surface area contributed by atoms with Crippen LogP contribution in [0.25, 0.3) is 22.2 Å². The Morgan fingerprint density at radius 1 is 1.33 bits per heavy atom. The number of anilines is 1. The molecule has 0 aliphatic carbocycles. The number of ether oxygens (including phenoxy) is 2. The van der Waals surface area contributed by atoms with Crippen molar-refractivity contribution in [3.8, 4) is 0 Å². The molecule has 7 nitrogen and oxygen atoms in total. The number of hydrogen-bond acceptors (Lipinski definition) is 6. The Balaban J connectivity index is 1.78. The Morgan fingerprint density at radius 2 is 2.07 bits per heavy atom. The lowest BCUT2D eigenvalue weighted by molar-refractivity contribution is 0.0163. The number of aromatic nitrogens is 3. The SMILES string of the molecule is CC(C)Cn1c(N)c(C(=O)OC[C@@H]2CCCO2)c2nc3ccccc3nc21. The summed E-state index contributed by atoms with van der Waals surface area (Å²) in [6.07, 6.45) is 1.86. The zero-order chi connectivity index (χ0) is 19.0. The molecule has 0 spiro atoms. The minimum atomic E-state index is -0.472. The second-order valence-electron chi connectivity index (χ2n) is 7.38. The van der Waals surface area contributed by atoms with Gasteiger partial charge in [-0.3, -0.25) is 0 Å². The average molecular weight is 368 g/mol. The van der Waals surface area contributed by atoms with E-state index in [0.717, 1.165) is 30.5 Å². The Labute approximate surface area is 157 Å². The zero-order valence-corrected chi connectivity index (χ0v) is 15.6. The van der Waals surface area contributed by atoms with E-state index < -0.39 is 5.97 Å². The van der Waals surface area contributed by atoms with Gasteiger partial charge in [-0.15, -0.1) is 0 Å². The van der Waals surface area contributed by atoms with Crippen molar-refractivity contribution >= 4 is 34.0 Å². The number of nitrogen functional groups attached to an aromatic ring is 1. The van der Waals surface area contributed by atoms with E-state index in [1.54, 1.807) is 0 Å². The van der Waals surface area contributed by atoms with Crippen molar-refractivity contribution < 1.29 is 14.3 Å². The van der Waals surface area contributed by atoms with Crippen molar-refractivity contribution in [3.63, 3.8) is 0 Å². The predicted octanol–water partition coefficient (Wildman–Crippen LogP) is 3.16. The van der Waals surface area contributed by atoms with Crippen molar-refractivity contribution in [2.24, 2.45) is 5.92 Å². The van der Waals surface area contributed by atoms with Crippen LogP contribution < -0.4 is 5.73 Å². The smallest absolute Gasteiger partial charge is 0.344 e. The molecule has 1 aromatic carbocycles. The molecular formula is C20H24N4O3. The minimum Gasteiger partial charge on any atom is -0.459 e. The van der Waals surface area contributed by atoms with Crippen LogP contribution in [0.5, 0.6) is 0 Å². The van der Waals surface area contributed by atoms with Gasteiger partial charge in [0.15, 0.2) is 5.65 Å². The number of nitrogens with two attached hydrogens (primary N) is 1. The van der Waals surface area contributed by atoms with Crippen molar-refractivity contribution in [2.75, 3.05) is 18.9 Å². The fraction of sp³-hybridized carbons (Fsp3) is 0.450. The first kappa shape index (κ1) is 17.7. The van der Waals surface area contributed by atoms with Crippen LogP contribution in [-0.4, -0.2) is 39.8 Å². The molecule has 0 bridgehead atoms. The molecule has 3 heterocycles. The van der Waals surface area contributed by atoms with Gasteiger partial charge in [0, 0.05) is 13.2 Å². The molecule has 1 aliphatic heterocycles. The van der Waals surface area contributed by atoms with E-state index in [1.807, 2.05) is 28.8 Å². The van der Waals surface area contributed by atoms with Gasteiger partial charge in [-0.2, -0.15) is 0 Å². The number of benzene rings is 1. The summed E-state index contributed by atoms with van der Waals surface area (Å²) in [5.74, 6) is 0.221. The lowest BCUT2D eigenvalue weighted by Crippen LogP contribution is -2.19. The van der Waals surface area contributed by atoms with Gasteiger partial charge in [-0.05, 0) is 30.9 Å². The third kappa shape index (κ3) is 3.35. The molecule has 4 rings (SSSR count). The number of para-hydroxylation sites is 2. The number of nitrogens with zero attached hydrogens (tertiary/aromatic N) is 3. The molecule has 1 aliphatic rings. The van der Waals surface area contributed by atoms with E-state index >= 15 is 0 Å². The number of hydrogen-bond donors (Lipinski definition) is 1. The van der Waals surface area contributed by atoms with Crippen LogP contribution in [0.4, 0.5) is 5.82 Å². The summed E-state index contributed by atoms with van der Waals surface area (Å²) in [5.41, 5.74) is 9.25. The van der Waals surface area contributed by atoms with Crippen LogP contribution in [0.15, 0.2) is 24.3 Å². The van der Waals surface area contributed by atoms with Gasteiger partial charge in [0.2, 0.25) is 0 Å². The number of rotatable bonds is 5. The normalized spacial score (nSPS) is 17.2. The molecule has 0 unspecified atom stereocenters. The summed E-state index contributed by atoms with van der Waals surface area (Å²) in [6, 6.07) is 7.59. The van der Waals surface area contributed by atoms with E-state index in [4.69, 9.17) is 20.2 Å². The molecule has 1 saturated heterocycles. The number of fused-ring (bicyclic) bond motifs is 2. The first-order valence-corrected chi connectivity index (χ1v) is 9.37. The average Bonchev–Trinajstić information content (AvgIpc) is 3.25. The van der Waals surface area contributed by atoms with Crippen molar-refractivity contribution in [2.45, 2.75) is 39.3 Å². The molecule has 3 aromatic rings. The topological polar surface area (TPSA) is 92.3 Å². The Bertz CT molecular complexity index is 990. The maximum absolute atomic E-state index is 12.8. The van der Waals surface area contributed by atoms with Crippen molar-refractivity contribution in [1.29, 1.82) is 0 Å². The van der Waals surface area contributed by atoms with E-state index in [9.17, 15) is 4.79 Å². The van der Waals surface area contributed by atoms with Gasteiger partial charge in [0.25, 0.3) is 0 Å². The highest BCUT2D eigenvalue weighted by Gasteiger charge is 2.26. The summed E-state index contributed by atoms with van der Waals surface area (Å²) in [6.45, 7) is 5.78. The first-order chi connectivity index (χ1) is 13.0. The molecular weight excluding hydrogens is 344 g/mol. The summed E-state index contributed by atoms with van der Waals surface area (Å²) < 4.78 is 12.9. The van der Waals surface area contributed by atoms with E-state index in [-0.39, 0.29) is 12.7 Å². The van der Waals surface area contributed by atoms with Crippen LogP contribution in [0.1, 0.15) is 37.0 Å². The summed E-state index contributed by atoms with van der Waals surface area (Å²) >= 11 is 0. The molecule has 1 fully saturated rings. The Kier molecular flexibility index (Phi) is 4.70. The van der Waals surface area contributed by atoms with Gasteiger partial charge in [-0.1, -0.05) is 26.0 Å². The van der Waals surface area contributed by atoms with Crippen molar-refractivity contribution in [1.82, 2.24) is 14.5 Å². The van der Waals surface area contributed by atoms with E-state index in [0.29, 0.717) is 35.0 Å². The number of carbonyl (C=O) groups excluding carboxylic acids is 1. The fourth-order valence-corrected chi connectivity index (χ4v) is 3.48. The van der Waals surface area contributed by atoms with E-state index in [2.05, 4.69) is 18.8 Å². The number of carbonyl (C=O) groups is 1. The molecule has 0 amide bonds. The molecule has 2 aromatic heterocycles. The molecule has 27 heavy (non-hydrogen) atoms. The molecule has 1 atom stereocenters. The van der Waals surface area contributed by atoms with Crippen LogP contribution in [0, 0.1) is 5.92 Å². The second-order valence-corrected chi connectivity index (χ2v) is 7.38. The van der Waals surface area contributed by atoms with Gasteiger partial charge in [0.05, 0.1) is 17.1 Å². The second kappa shape index (κ2) is 7.15. The zero-order valence-electron chi connectivity index (χ0n) is 15.6. The third-order valence-electron chi connectivity index (χ3n) is 4.77. The molecule has 0 radical (unpaired) electrons. The molecule has 2 N–H and O–H groups in total. The number of esters is 1. The lowest BCUT2D eigenvalue weighted by atomic mass is 10.2. The quantitative estimate of drug-likeness (QED) is 0.696. The van der Waals surface area contributed by atoms with E-state index in [1.165, 1.54) is 0 Å². The first-order valence-electron chi connectivity index (χ1n) is 9.37. The highest BCUT2D eigenvalue weighted by molar-refractivity contribution is 6.08. The van der Waals surface area contributed by atoms with Crippen LogP contribution >= 0.6 is 0 Å². The monoisotopic (exact) mass is 368 g/mol. The summed E-state index contributed by atoms with van der Waals surface area (Å²) in [4.78, 5) is 22.2. The van der Waals surface area contributed by atoms with Crippen molar-refractivity contribution in [3.05, 3.63) is 29.8 Å².